The molecule has 0 aromatic heterocycles. The highest BCUT2D eigenvalue weighted by Crippen LogP contribution is 2.32. The van der Waals surface area contributed by atoms with E-state index in [4.69, 9.17) is 0 Å². The lowest BCUT2D eigenvalue weighted by molar-refractivity contribution is 0.103. The number of carbonyl (C=O) groups is 1. The lowest BCUT2D eigenvalue weighted by atomic mass is 9.84. The highest BCUT2D eigenvalue weighted by atomic mass is 79.9. The number of rotatable bonds is 3. The zero-order chi connectivity index (χ0) is 14.7. The quantitative estimate of drug-likeness (QED) is 0.651. The van der Waals surface area contributed by atoms with Gasteiger partial charge >= 0.3 is 0 Å². The maximum Gasteiger partial charge on any atom is 0.193 e. The number of halogens is 1. The smallest absolute Gasteiger partial charge is 0.193 e. The monoisotopic (exact) mass is 342 g/mol. The van der Waals surface area contributed by atoms with Gasteiger partial charge in [-0.25, -0.2) is 0 Å². The largest absolute Gasteiger partial charge is 0.289 e. The van der Waals surface area contributed by atoms with Gasteiger partial charge in [-0.3, -0.25) is 4.79 Å². The van der Waals surface area contributed by atoms with Crippen molar-refractivity contribution in [2.45, 2.75) is 38.0 Å². The molecule has 2 aromatic rings. The first-order chi connectivity index (χ1) is 10.2. The minimum Gasteiger partial charge on any atom is -0.289 e. The van der Waals surface area contributed by atoms with Crippen molar-refractivity contribution in [1.29, 1.82) is 0 Å². The molecule has 0 atom stereocenters. The summed E-state index contributed by atoms with van der Waals surface area (Å²) >= 11 is 3.41. The molecule has 0 bridgehead atoms. The third kappa shape index (κ3) is 3.44. The van der Waals surface area contributed by atoms with Crippen molar-refractivity contribution >= 4 is 21.7 Å². The van der Waals surface area contributed by atoms with Crippen molar-refractivity contribution in [1.82, 2.24) is 0 Å². The molecule has 2 heteroatoms. The van der Waals surface area contributed by atoms with Crippen LogP contribution in [0.25, 0.3) is 0 Å². The third-order valence-electron chi connectivity index (χ3n) is 4.34. The van der Waals surface area contributed by atoms with Gasteiger partial charge in [0.25, 0.3) is 0 Å². The summed E-state index contributed by atoms with van der Waals surface area (Å²) < 4.78 is 0.937. The second kappa shape index (κ2) is 6.57. The molecule has 0 unspecified atom stereocenters. The normalized spacial score (nSPS) is 15.9. The Bertz CT molecular complexity index is 624. The van der Waals surface area contributed by atoms with Crippen molar-refractivity contribution < 1.29 is 4.79 Å². The fourth-order valence-corrected chi connectivity index (χ4v) is 3.54. The van der Waals surface area contributed by atoms with Crippen LogP contribution in [0.2, 0.25) is 0 Å². The molecule has 1 aliphatic rings. The van der Waals surface area contributed by atoms with E-state index in [1.807, 2.05) is 36.4 Å². The van der Waals surface area contributed by atoms with Gasteiger partial charge in [0.1, 0.15) is 0 Å². The van der Waals surface area contributed by atoms with Crippen molar-refractivity contribution in [3.63, 3.8) is 0 Å². The molecule has 0 N–H and O–H groups in total. The fraction of sp³-hybridized carbons (Fsp3) is 0.316. The Morgan fingerprint density at radius 2 is 1.62 bits per heavy atom. The summed E-state index contributed by atoms with van der Waals surface area (Å²) in [6.45, 7) is 0. The number of carbonyl (C=O) groups excluding carboxylic acids is 1. The predicted molar refractivity (Wildman–Crippen MR) is 89.8 cm³/mol. The maximum absolute atomic E-state index is 12.5. The minimum atomic E-state index is 0.0893. The Balaban J connectivity index is 1.78. The maximum atomic E-state index is 12.5. The van der Waals surface area contributed by atoms with Crippen LogP contribution in [0, 0.1) is 0 Å². The van der Waals surface area contributed by atoms with Crippen LogP contribution in [0.3, 0.4) is 0 Å². The van der Waals surface area contributed by atoms with Crippen molar-refractivity contribution in [2.75, 3.05) is 0 Å². The summed E-state index contributed by atoms with van der Waals surface area (Å²) in [7, 11) is 0. The van der Waals surface area contributed by atoms with Gasteiger partial charge in [-0.2, -0.15) is 0 Å². The summed E-state index contributed by atoms with van der Waals surface area (Å²) in [5.41, 5.74) is 2.89. The molecule has 0 spiro atoms. The van der Waals surface area contributed by atoms with Crippen LogP contribution in [0.4, 0.5) is 0 Å². The zero-order valence-electron chi connectivity index (χ0n) is 12.0. The minimum absolute atomic E-state index is 0.0893. The molecule has 3 rings (SSSR count). The van der Waals surface area contributed by atoms with Crippen LogP contribution in [0.15, 0.2) is 53.0 Å². The Hall–Kier alpha value is -1.41. The summed E-state index contributed by atoms with van der Waals surface area (Å²) in [6.07, 6.45) is 6.63. The average Bonchev–Trinajstić information content (AvgIpc) is 2.55. The second-order valence-corrected chi connectivity index (χ2v) is 6.71. The molecule has 0 amide bonds. The Kier molecular flexibility index (Phi) is 4.54. The summed E-state index contributed by atoms with van der Waals surface area (Å²) in [4.78, 5) is 12.5. The molecule has 1 aliphatic carbocycles. The van der Waals surface area contributed by atoms with Crippen LogP contribution in [-0.2, 0) is 0 Å². The van der Waals surface area contributed by atoms with Crippen molar-refractivity contribution in [3.05, 3.63) is 69.7 Å². The third-order valence-corrected chi connectivity index (χ3v) is 4.83. The molecule has 0 heterocycles. The average molecular weight is 343 g/mol. The van der Waals surface area contributed by atoms with Crippen LogP contribution >= 0.6 is 15.9 Å². The molecule has 0 radical (unpaired) electrons. The van der Waals surface area contributed by atoms with Gasteiger partial charge in [-0.05, 0) is 36.5 Å². The lowest BCUT2D eigenvalue weighted by Crippen LogP contribution is -2.06. The highest BCUT2D eigenvalue weighted by molar-refractivity contribution is 9.10. The second-order valence-electron chi connectivity index (χ2n) is 5.80. The van der Waals surface area contributed by atoms with E-state index in [0.29, 0.717) is 5.92 Å². The van der Waals surface area contributed by atoms with E-state index in [1.54, 1.807) is 0 Å². The summed E-state index contributed by atoms with van der Waals surface area (Å²) in [5.74, 6) is 0.778. The lowest BCUT2D eigenvalue weighted by Gasteiger charge is -2.22. The van der Waals surface area contributed by atoms with E-state index in [-0.39, 0.29) is 5.78 Å². The first-order valence-corrected chi connectivity index (χ1v) is 8.43. The molecule has 2 aromatic carbocycles. The molecule has 108 valence electrons. The molecule has 0 aliphatic heterocycles. The first-order valence-electron chi connectivity index (χ1n) is 7.64. The molecule has 1 fully saturated rings. The molecule has 0 saturated heterocycles. The standard InChI is InChI=1S/C19H19BrO/c20-18-8-4-7-17(13-18)19(21)16-11-9-15(10-12-16)14-5-2-1-3-6-14/h4,7-14H,1-3,5-6H2. The molecule has 1 nitrogen and oxygen atoms in total. The van der Waals surface area contributed by atoms with Crippen LogP contribution in [0.1, 0.15) is 59.5 Å². The van der Waals surface area contributed by atoms with E-state index in [0.717, 1.165) is 15.6 Å². The molecule has 21 heavy (non-hydrogen) atoms. The van der Waals surface area contributed by atoms with E-state index in [2.05, 4.69) is 28.1 Å². The molecular weight excluding hydrogens is 324 g/mol. The van der Waals surface area contributed by atoms with Gasteiger partial charge in [0, 0.05) is 15.6 Å². The van der Waals surface area contributed by atoms with E-state index in [1.165, 1.54) is 37.7 Å². The van der Waals surface area contributed by atoms with Crippen molar-refractivity contribution in [2.24, 2.45) is 0 Å². The topological polar surface area (TPSA) is 17.1 Å². The summed E-state index contributed by atoms with van der Waals surface area (Å²) in [5, 5.41) is 0. The SMILES string of the molecule is O=C(c1ccc(C2CCCCC2)cc1)c1cccc(Br)c1. The van der Waals surface area contributed by atoms with E-state index in [9.17, 15) is 4.79 Å². The van der Waals surface area contributed by atoms with Gasteiger partial charge < -0.3 is 0 Å². The Labute approximate surface area is 134 Å². The molecular formula is C19H19BrO. The van der Waals surface area contributed by atoms with Gasteiger partial charge in [-0.15, -0.1) is 0 Å². The van der Waals surface area contributed by atoms with Crippen molar-refractivity contribution in [3.8, 4) is 0 Å². The number of hydrogen-bond donors (Lipinski definition) is 0. The number of benzene rings is 2. The van der Waals surface area contributed by atoms with Crippen LogP contribution < -0.4 is 0 Å². The predicted octanol–water partition coefficient (Wildman–Crippen LogP) is 5.73. The Morgan fingerprint density at radius 3 is 2.29 bits per heavy atom. The van der Waals surface area contributed by atoms with Gasteiger partial charge in [0.15, 0.2) is 5.78 Å². The van der Waals surface area contributed by atoms with Gasteiger partial charge in [0.05, 0.1) is 0 Å². The van der Waals surface area contributed by atoms with Gasteiger partial charge in [-0.1, -0.05) is 71.6 Å². The molecule has 1 saturated carbocycles. The number of hydrogen-bond acceptors (Lipinski definition) is 1. The first kappa shape index (κ1) is 14.5. The van der Waals surface area contributed by atoms with Crippen LogP contribution in [-0.4, -0.2) is 5.78 Å². The fourth-order valence-electron chi connectivity index (χ4n) is 3.14. The highest BCUT2D eigenvalue weighted by Gasteiger charge is 2.16. The number of ketones is 1. The van der Waals surface area contributed by atoms with Crippen LogP contribution in [0.5, 0.6) is 0 Å². The van der Waals surface area contributed by atoms with Gasteiger partial charge in [0.2, 0.25) is 0 Å². The Morgan fingerprint density at radius 1 is 0.905 bits per heavy atom. The van der Waals surface area contributed by atoms with E-state index < -0.39 is 0 Å². The summed E-state index contributed by atoms with van der Waals surface area (Å²) in [6, 6.07) is 15.8. The zero-order valence-corrected chi connectivity index (χ0v) is 13.6. The van der Waals surface area contributed by atoms with E-state index >= 15 is 0 Å².